The molecule has 0 unspecified atom stereocenters. The highest BCUT2D eigenvalue weighted by molar-refractivity contribution is 6.03. The van der Waals surface area contributed by atoms with Crippen LogP contribution in [0.2, 0.25) is 0 Å². The second kappa shape index (κ2) is 25.5. The quantitative estimate of drug-likeness (QED) is 0.0229. The number of benzene rings is 4. The van der Waals surface area contributed by atoms with Crippen molar-refractivity contribution in [2.24, 2.45) is 22.9 Å². The number of carbonyl (C=O) groups is 1. The minimum absolute atomic E-state index is 0.00286. The lowest BCUT2D eigenvalue weighted by Crippen LogP contribution is -2.70. The third-order valence-electron chi connectivity index (χ3n) is 14.5. The number of rotatable bonds is 26. The van der Waals surface area contributed by atoms with Gasteiger partial charge in [-0.25, -0.2) is 4.79 Å². The SMILES string of the molecule is C=CCO[C@@]12Oc3ccc(OCc4cccc(C)n4)cc3[C@H]3[C@H](CCCCO)[C@@H](CCCCO)C=C(C(=NOCc4ccc([N+](=O)[O-])cc4)C[C@@H]1N(Cc1ccc4c(c1)OCO4)C(=O)OCCOCc1ccccc1)[C@H]32. The van der Waals surface area contributed by atoms with Gasteiger partial charge in [-0.1, -0.05) is 72.6 Å². The van der Waals surface area contributed by atoms with Gasteiger partial charge in [0.1, 0.15) is 37.4 Å². The molecule has 3 heterocycles. The number of fused-ring (bicyclic) bond motifs is 3. The first-order valence-corrected chi connectivity index (χ1v) is 26.1. The van der Waals surface area contributed by atoms with Gasteiger partial charge in [-0.2, -0.15) is 0 Å². The number of oxime groups is 1. The number of nitrogens with zero attached hydrogens (tertiary/aromatic N) is 4. The second-order valence-corrected chi connectivity index (χ2v) is 19.5. The summed E-state index contributed by atoms with van der Waals surface area (Å²) in [6.45, 7) is 6.88. The van der Waals surface area contributed by atoms with E-state index in [4.69, 9.17) is 43.2 Å². The number of aromatic nitrogens is 1. The van der Waals surface area contributed by atoms with Crippen molar-refractivity contribution in [3.63, 3.8) is 0 Å². The van der Waals surface area contributed by atoms with E-state index in [0.29, 0.717) is 53.7 Å². The highest BCUT2D eigenvalue weighted by Crippen LogP contribution is 2.62. The number of unbranched alkanes of at least 4 members (excludes halogenated alkanes) is 2. The van der Waals surface area contributed by atoms with Crippen LogP contribution in [0.25, 0.3) is 0 Å². The van der Waals surface area contributed by atoms with Crippen molar-refractivity contribution >= 4 is 17.5 Å². The summed E-state index contributed by atoms with van der Waals surface area (Å²) in [5, 5.41) is 36.7. The van der Waals surface area contributed by atoms with Crippen LogP contribution in [-0.2, 0) is 45.4 Å². The second-order valence-electron chi connectivity index (χ2n) is 19.5. The van der Waals surface area contributed by atoms with Crippen LogP contribution in [0, 0.1) is 34.8 Å². The van der Waals surface area contributed by atoms with Gasteiger partial charge >= 0.3 is 6.09 Å². The van der Waals surface area contributed by atoms with Gasteiger partial charge < -0.3 is 48.2 Å². The molecule has 0 spiro atoms. The number of nitro benzene ring substituents is 1. The molecule has 2 aliphatic carbocycles. The summed E-state index contributed by atoms with van der Waals surface area (Å²) in [4.78, 5) is 38.9. The first-order chi connectivity index (χ1) is 37.2. The van der Waals surface area contributed by atoms with Crippen LogP contribution in [0.15, 0.2) is 139 Å². The number of non-ortho nitro benzene ring substituents is 1. The van der Waals surface area contributed by atoms with E-state index in [9.17, 15) is 20.3 Å². The summed E-state index contributed by atoms with van der Waals surface area (Å²) in [6.07, 6.45) is 7.53. The molecule has 1 saturated carbocycles. The molecule has 2 aliphatic heterocycles. The Morgan fingerprint density at radius 2 is 1.63 bits per heavy atom. The van der Waals surface area contributed by atoms with Crippen molar-refractivity contribution in [3.05, 3.63) is 177 Å². The Labute approximate surface area is 442 Å². The molecule has 4 aliphatic rings. The third kappa shape index (κ3) is 12.5. The molecule has 400 valence electrons. The van der Waals surface area contributed by atoms with Gasteiger partial charge in [-0.3, -0.25) is 20.0 Å². The van der Waals surface area contributed by atoms with Crippen molar-refractivity contribution in [1.29, 1.82) is 0 Å². The summed E-state index contributed by atoms with van der Waals surface area (Å²) < 4.78 is 44.8. The maximum Gasteiger partial charge on any atom is 0.410 e. The maximum absolute atomic E-state index is 15.2. The van der Waals surface area contributed by atoms with Crippen LogP contribution in [-0.4, -0.2) is 88.5 Å². The van der Waals surface area contributed by atoms with Crippen LogP contribution in [0.4, 0.5) is 10.5 Å². The van der Waals surface area contributed by atoms with E-state index in [0.717, 1.165) is 59.3 Å². The van der Waals surface area contributed by atoms with E-state index in [1.165, 1.54) is 12.1 Å². The highest BCUT2D eigenvalue weighted by Gasteiger charge is 2.66. The molecule has 1 fully saturated rings. The largest absolute Gasteiger partial charge is 0.487 e. The Kier molecular flexibility index (Phi) is 17.9. The lowest BCUT2D eigenvalue weighted by atomic mass is 9.55. The number of aliphatic hydroxyl groups excluding tert-OH is 2. The Morgan fingerprint density at radius 1 is 0.868 bits per heavy atom. The van der Waals surface area contributed by atoms with E-state index < -0.39 is 28.8 Å². The average Bonchev–Trinajstić information content (AvgIpc) is 3.91. The molecule has 4 aromatic carbocycles. The number of nitro groups is 1. The Morgan fingerprint density at radius 3 is 2.41 bits per heavy atom. The van der Waals surface area contributed by atoms with Crippen molar-refractivity contribution in [2.75, 3.05) is 39.8 Å². The third-order valence-corrected chi connectivity index (χ3v) is 14.5. The van der Waals surface area contributed by atoms with E-state index in [1.54, 1.807) is 23.1 Å². The van der Waals surface area contributed by atoms with Crippen molar-refractivity contribution < 1.29 is 57.9 Å². The number of aliphatic hydroxyl groups is 2. The highest BCUT2D eigenvalue weighted by atomic mass is 16.7. The minimum atomic E-state index is -1.60. The van der Waals surface area contributed by atoms with Gasteiger partial charge in [0.15, 0.2) is 11.5 Å². The fourth-order valence-corrected chi connectivity index (χ4v) is 11.0. The van der Waals surface area contributed by atoms with Crippen molar-refractivity contribution in [3.8, 4) is 23.0 Å². The predicted molar refractivity (Wildman–Crippen MR) is 282 cm³/mol. The van der Waals surface area contributed by atoms with Gasteiger partial charge in [0.25, 0.3) is 5.69 Å². The number of ether oxygens (including phenoxy) is 7. The molecule has 6 atom stereocenters. The number of hydrogen-bond donors (Lipinski definition) is 2. The molecule has 9 rings (SSSR count). The summed E-state index contributed by atoms with van der Waals surface area (Å²) in [7, 11) is 0. The number of pyridine rings is 1. The van der Waals surface area contributed by atoms with Crippen molar-refractivity contribution in [2.45, 2.75) is 96.0 Å². The molecule has 0 radical (unpaired) electrons. The molecule has 2 N–H and O–H groups in total. The maximum atomic E-state index is 15.2. The fourth-order valence-electron chi connectivity index (χ4n) is 11.0. The number of aryl methyl sites for hydroxylation is 1. The topological polar surface area (TPSA) is 203 Å². The Bertz CT molecular complexity index is 2840. The summed E-state index contributed by atoms with van der Waals surface area (Å²) >= 11 is 0. The lowest BCUT2D eigenvalue weighted by Gasteiger charge is -2.59. The molecule has 5 aromatic rings. The molecule has 17 nitrogen and oxygen atoms in total. The lowest BCUT2D eigenvalue weighted by molar-refractivity contribution is -0.384. The molecule has 0 saturated heterocycles. The number of hydrogen-bond acceptors (Lipinski definition) is 15. The van der Waals surface area contributed by atoms with Gasteiger partial charge in [-0.15, -0.1) is 6.58 Å². The molecule has 76 heavy (non-hydrogen) atoms. The van der Waals surface area contributed by atoms with Gasteiger partial charge in [0.2, 0.25) is 12.6 Å². The van der Waals surface area contributed by atoms with E-state index in [-0.39, 0.29) is 89.4 Å². The summed E-state index contributed by atoms with van der Waals surface area (Å²) in [6, 6.07) is 32.1. The molecule has 1 amide bonds. The zero-order valence-electron chi connectivity index (χ0n) is 42.8. The minimum Gasteiger partial charge on any atom is -0.487 e. The van der Waals surface area contributed by atoms with Gasteiger partial charge in [0.05, 0.1) is 42.1 Å². The summed E-state index contributed by atoms with van der Waals surface area (Å²) in [5.41, 5.74) is 6.25. The monoisotopic (exact) mass is 1040 g/mol. The van der Waals surface area contributed by atoms with Crippen LogP contribution in [0.3, 0.4) is 0 Å². The Balaban J connectivity index is 1.18. The van der Waals surface area contributed by atoms with E-state index in [2.05, 4.69) is 17.6 Å². The van der Waals surface area contributed by atoms with E-state index in [1.807, 2.05) is 91.9 Å². The molecular formula is C59H66N4O13. The van der Waals surface area contributed by atoms with Gasteiger partial charge in [-0.05, 0) is 121 Å². The van der Waals surface area contributed by atoms with Crippen LogP contribution in [0.5, 0.6) is 23.0 Å². The van der Waals surface area contributed by atoms with Crippen molar-refractivity contribution in [1.82, 2.24) is 9.88 Å². The van der Waals surface area contributed by atoms with Gasteiger partial charge in [0, 0.05) is 55.5 Å². The molecule has 17 heteroatoms. The molecular weight excluding hydrogens is 973 g/mol. The number of carbonyl (C=O) groups excluding carboxylic acids is 1. The van der Waals surface area contributed by atoms with Crippen LogP contribution < -0.4 is 18.9 Å². The van der Waals surface area contributed by atoms with Crippen LogP contribution >= 0.6 is 0 Å². The fraction of sp³-hybridized carbons (Fsp3) is 0.407. The first-order valence-electron chi connectivity index (χ1n) is 26.1. The number of allylic oxidation sites excluding steroid dienone is 1. The number of amides is 1. The average molecular weight is 1040 g/mol. The van der Waals surface area contributed by atoms with E-state index >= 15 is 4.79 Å². The molecule has 0 bridgehead atoms. The molecule has 1 aromatic heterocycles. The summed E-state index contributed by atoms with van der Waals surface area (Å²) in [5.74, 6) is -0.379. The Hall–Kier alpha value is -7.31. The normalized spacial score (nSPS) is 21.4. The predicted octanol–water partition coefficient (Wildman–Crippen LogP) is 10.3. The smallest absolute Gasteiger partial charge is 0.410 e. The zero-order chi connectivity index (χ0) is 52.9. The van der Waals surface area contributed by atoms with Crippen LogP contribution in [0.1, 0.15) is 84.5 Å². The standard InChI is InChI=1S/C59H66N4O13/c1-3-28-74-59-55(62(35-43-20-24-53-54(31-43)73-39-72-53)58(66)70-30-29-69-36-41-13-5-4-6-14-41)34-51(61-75-37-42-18-21-46(22-19-42)63(67)68)49-32-44(15-7-9-26-64)48(17-8-10-27-65)56(57(49)59)50-33-47(23-25-52(50)76-59)71-38-45-16-11-12-40(2)60-45/h3-6,11-14,16,18-25,31-33,44,48,55-57,64-65H,1,7-10,15,17,26-30,34-39H2,2H3/t44-,48+,55-,56+,57+,59+/m0/s1. The zero-order valence-corrected chi connectivity index (χ0v) is 42.8. The first kappa shape index (κ1) is 53.5.